The van der Waals surface area contributed by atoms with Gasteiger partial charge in [-0.3, -0.25) is 0 Å². The summed E-state index contributed by atoms with van der Waals surface area (Å²) in [5, 5.41) is 6.50. The van der Waals surface area contributed by atoms with Crippen molar-refractivity contribution in [2.24, 2.45) is 0 Å². The van der Waals surface area contributed by atoms with Gasteiger partial charge in [0.2, 0.25) is 0 Å². The predicted octanol–water partition coefficient (Wildman–Crippen LogP) is 2.38. The van der Waals surface area contributed by atoms with E-state index >= 15 is 0 Å². The highest BCUT2D eigenvalue weighted by Gasteiger charge is 2.07. The van der Waals surface area contributed by atoms with Crippen molar-refractivity contribution in [3.05, 3.63) is 35.4 Å². The zero-order chi connectivity index (χ0) is 9.72. The molecule has 64 valence electrons. The summed E-state index contributed by atoms with van der Waals surface area (Å²) >= 11 is 0. The molecule has 0 heterocycles. The number of hydrogen-bond acceptors (Lipinski definition) is 1. The minimum atomic E-state index is -1.39. The minimum Gasteiger partial charge on any atom is -0.204 e. The number of rotatable bonds is 0. The molecule has 1 aromatic carbocycles. The van der Waals surface area contributed by atoms with Crippen LogP contribution in [0.4, 0.5) is 17.6 Å². The Morgan fingerprint density at radius 3 is 1.08 bits per heavy atom. The van der Waals surface area contributed by atoms with Gasteiger partial charge in [0.25, 0.3) is 0 Å². The van der Waals surface area contributed by atoms with Crippen LogP contribution in [0.3, 0.4) is 0 Å². The van der Waals surface area contributed by atoms with Crippen LogP contribution in [-0.4, -0.2) is 0 Å². The minimum absolute atomic E-state index is 0.157. The first kappa shape index (κ1) is 10.4. The van der Waals surface area contributed by atoms with E-state index in [9.17, 15) is 17.6 Å². The van der Waals surface area contributed by atoms with Crippen molar-refractivity contribution in [3.8, 4) is 6.57 Å². The lowest BCUT2D eigenvalue weighted by atomic mass is 10.3. The lowest BCUT2D eigenvalue weighted by Crippen LogP contribution is -1.90. The van der Waals surface area contributed by atoms with Gasteiger partial charge in [-0.15, -0.1) is 0 Å². The topological polar surface area (TPSA) is 23.8 Å². The largest absolute Gasteiger partial charge is 0.204 e. The van der Waals surface area contributed by atoms with Gasteiger partial charge in [0.15, 0.2) is 23.3 Å². The van der Waals surface area contributed by atoms with Crippen molar-refractivity contribution in [1.82, 2.24) is 0 Å². The van der Waals surface area contributed by atoms with Gasteiger partial charge in [0.05, 0.1) is 0 Å². The van der Waals surface area contributed by atoms with E-state index in [0.29, 0.717) is 0 Å². The highest BCUT2D eigenvalue weighted by atomic mass is 19.2. The standard InChI is InChI=1S/C6H2F4.CHN/c7-3-1-4(8)6(10)2-5(3)9;1-2/h1-2H;1H. The molecule has 0 spiro atoms. The molecule has 0 radical (unpaired) electrons. The molecule has 5 heteroatoms. The van der Waals surface area contributed by atoms with Crippen molar-refractivity contribution in [2.75, 3.05) is 0 Å². The molecule has 0 aliphatic heterocycles. The van der Waals surface area contributed by atoms with Gasteiger partial charge in [0.1, 0.15) is 0 Å². The van der Waals surface area contributed by atoms with E-state index in [1.54, 1.807) is 0 Å². The van der Waals surface area contributed by atoms with Crippen LogP contribution in [0.25, 0.3) is 0 Å². The number of nitriles is 1. The van der Waals surface area contributed by atoms with Crippen LogP contribution in [0.1, 0.15) is 0 Å². The van der Waals surface area contributed by atoms with Crippen LogP contribution < -0.4 is 0 Å². The van der Waals surface area contributed by atoms with E-state index in [4.69, 9.17) is 5.26 Å². The van der Waals surface area contributed by atoms with Gasteiger partial charge in [0, 0.05) is 18.7 Å². The molecule has 0 atom stereocenters. The maximum absolute atomic E-state index is 12.0. The highest BCUT2D eigenvalue weighted by molar-refractivity contribution is 5.10. The molecule has 0 saturated heterocycles. The summed E-state index contributed by atoms with van der Waals surface area (Å²) in [7, 11) is 0. The molecular weight excluding hydrogens is 174 g/mol. The summed E-state index contributed by atoms with van der Waals surface area (Å²) in [6.45, 7) is 3.50. The average Bonchev–Trinajstić information content (AvgIpc) is 2.05. The molecule has 0 bridgehead atoms. The average molecular weight is 177 g/mol. The van der Waals surface area contributed by atoms with Crippen LogP contribution in [0.5, 0.6) is 0 Å². The van der Waals surface area contributed by atoms with Gasteiger partial charge in [-0.1, -0.05) is 0 Å². The smallest absolute Gasteiger partial charge is 0.161 e. The Kier molecular flexibility index (Phi) is 3.77. The van der Waals surface area contributed by atoms with Crippen molar-refractivity contribution >= 4 is 0 Å². The third kappa shape index (κ3) is 2.23. The van der Waals surface area contributed by atoms with Crippen LogP contribution in [0.15, 0.2) is 12.1 Å². The Bertz CT molecular complexity index is 245. The first-order chi connectivity index (χ1) is 5.61. The van der Waals surface area contributed by atoms with Crippen LogP contribution in [-0.2, 0) is 0 Å². The normalized spacial score (nSPS) is 8.50. The third-order valence-corrected chi connectivity index (χ3v) is 0.963. The van der Waals surface area contributed by atoms with E-state index in [1.807, 2.05) is 0 Å². The van der Waals surface area contributed by atoms with Crippen LogP contribution >= 0.6 is 0 Å². The highest BCUT2D eigenvalue weighted by Crippen LogP contribution is 2.11. The molecule has 0 fully saturated rings. The summed E-state index contributed by atoms with van der Waals surface area (Å²) in [5.41, 5.74) is 0. The van der Waals surface area contributed by atoms with Gasteiger partial charge >= 0.3 is 0 Å². The molecule has 0 aliphatic rings. The fourth-order valence-corrected chi connectivity index (χ4v) is 0.498. The zero-order valence-corrected chi connectivity index (χ0v) is 5.69. The van der Waals surface area contributed by atoms with Crippen LogP contribution in [0, 0.1) is 35.1 Å². The van der Waals surface area contributed by atoms with Crippen LogP contribution in [0.2, 0.25) is 0 Å². The third-order valence-electron chi connectivity index (χ3n) is 0.963. The van der Waals surface area contributed by atoms with E-state index < -0.39 is 23.3 Å². The second kappa shape index (κ2) is 4.34. The van der Waals surface area contributed by atoms with Crippen molar-refractivity contribution < 1.29 is 17.6 Å². The summed E-state index contributed by atoms with van der Waals surface area (Å²) in [6, 6.07) is 0.315. The van der Waals surface area contributed by atoms with Gasteiger partial charge in [-0.2, -0.15) is 0 Å². The Balaban J connectivity index is 0.000000561. The van der Waals surface area contributed by atoms with E-state index in [0.717, 1.165) is 0 Å². The molecule has 0 N–H and O–H groups in total. The van der Waals surface area contributed by atoms with Crippen molar-refractivity contribution in [3.63, 3.8) is 0 Å². The molecule has 1 aromatic rings. The fourth-order valence-electron chi connectivity index (χ4n) is 0.498. The molecular formula is C7H3F4N. The summed E-state index contributed by atoms with van der Waals surface area (Å²) in [5.74, 6) is -5.56. The maximum atomic E-state index is 12.0. The lowest BCUT2D eigenvalue weighted by Gasteiger charge is -1.92. The van der Waals surface area contributed by atoms with E-state index in [1.165, 1.54) is 0 Å². The molecule has 0 aliphatic carbocycles. The number of halogens is 4. The molecule has 0 saturated carbocycles. The fraction of sp³-hybridized carbons (Fsp3) is 0. The number of nitrogens with zero attached hydrogens (tertiary/aromatic N) is 1. The summed E-state index contributed by atoms with van der Waals surface area (Å²) < 4.78 is 47.9. The zero-order valence-electron chi connectivity index (χ0n) is 5.69. The summed E-state index contributed by atoms with van der Waals surface area (Å²) in [6.07, 6.45) is 0. The van der Waals surface area contributed by atoms with E-state index in [-0.39, 0.29) is 12.1 Å². The Morgan fingerprint density at radius 2 is 0.917 bits per heavy atom. The molecule has 1 nitrogen and oxygen atoms in total. The molecule has 1 rings (SSSR count). The second-order valence-corrected chi connectivity index (χ2v) is 1.68. The first-order valence-electron chi connectivity index (χ1n) is 2.67. The molecule has 0 unspecified atom stereocenters. The Hall–Kier alpha value is -1.57. The van der Waals surface area contributed by atoms with E-state index in [2.05, 4.69) is 6.57 Å². The lowest BCUT2D eigenvalue weighted by molar-refractivity contribution is 0.454. The maximum Gasteiger partial charge on any atom is 0.161 e. The SMILES string of the molecule is C#N.Fc1cc(F)c(F)cc1F. The van der Waals surface area contributed by atoms with Gasteiger partial charge in [-0.05, 0) is 0 Å². The second-order valence-electron chi connectivity index (χ2n) is 1.68. The molecule has 12 heavy (non-hydrogen) atoms. The van der Waals surface area contributed by atoms with Crippen molar-refractivity contribution in [2.45, 2.75) is 0 Å². The summed E-state index contributed by atoms with van der Waals surface area (Å²) in [4.78, 5) is 0. The first-order valence-corrected chi connectivity index (χ1v) is 2.67. The molecule has 0 aromatic heterocycles. The Morgan fingerprint density at radius 1 is 0.750 bits per heavy atom. The van der Waals surface area contributed by atoms with Crippen molar-refractivity contribution in [1.29, 1.82) is 5.26 Å². The molecule has 0 amide bonds. The van der Waals surface area contributed by atoms with Gasteiger partial charge in [-0.25, -0.2) is 22.8 Å². The number of hydrogen-bond donors (Lipinski definition) is 0. The predicted molar refractivity (Wildman–Crippen MR) is 32.9 cm³/mol. The quantitative estimate of drug-likeness (QED) is 0.440. The van der Waals surface area contributed by atoms with Gasteiger partial charge < -0.3 is 0 Å². The monoisotopic (exact) mass is 177 g/mol. The Labute approximate surface area is 65.9 Å². The number of benzene rings is 1.